The Morgan fingerprint density at radius 1 is 1.50 bits per heavy atom. The number of aliphatic hydroxyl groups is 1. The van der Waals surface area contributed by atoms with E-state index in [1.165, 1.54) is 10.5 Å². The number of aromatic nitrogens is 1. The lowest BCUT2D eigenvalue weighted by Crippen LogP contribution is -2.28. The van der Waals surface area contributed by atoms with E-state index in [1.807, 2.05) is 18.3 Å². The molecule has 0 unspecified atom stereocenters. The van der Waals surface area contributed by atoms with Gasteiger partial charge in [0.25, 0.3) is 0 Å². The van der Waals surface area contributed by atoms with Gasteiger partial charge in [0.15, 0.2) is 0 Å². The van der Waals surface area contributed by atoms with Crippen molar-refractivity contribution in [1.82, 2.24) is 9.88 Å². The summed E-state index contributed by atoms with van der Waals surface area (Å²) in [7, 11) is 1.65. The van der Waals surface area contributed by atoms with Crippen LogP contribution in [0, 0.1) is 0 Å². The Balaban J connectivity index is 2.65. The molecule has 0 bridgehead atoms. The van der Waals surface area contributed by atoms with Crippen molar-refractivity contribution in [2.24, 2.45) is 0 Å². The van der Waals surface area contributed by atoms with Crippen LogP contribution in [-0.4, -0.2) is 34.6 Å². The Bertz CT molecular complexity index is 347. The largest absolute Gasteiger partial charge is 0.387 e. The van der Waals surface area contributed by atoms with Crippen LogP contribution in [0.3, 0.4) is 0 Å². The van der Waals surface area contributed by atoms with Crippen LogP contribution in [0.15, 0.2) is 18.3 Å². The zero-order valence-corrected chi connectivity index (χ0v) is 9.97. The summed E-state index contributed by atoms with van der Waals surface area (Å²) < 4.78 is 0. The summed E-state index contributed by atoms with van der Waals surface area (Å²) in [5.74, 6) is 0.160. The number of carbonyl (C=O) groups is 1. The first-order chi connectivity index (χ1) is 7.54. The number of carbonyl (C=O) groups excluding carboxylic acids is 1. The topological polar surface area (TPSA) is 53.4 Å². The zero-order chi connectivity index (χ0) is 12.1. The minimum Gasteiger partial charge on any atom is -0.387 e. The number of aliphatic hydroxyl groups excluding tert-OH is 1. The van der Waals surface area contributed by atoms with Gasteiger partial charge in [-0.25, -0.2) is 0 Å². The Hall–Kier alpha value is -1.42. The summed E-state index contributed by atoms with van der Waals surface area (Å²) in [4.78, 5) is 16.9. The second-order valence-electron chi connectivity index (χ2n) is 4.15. The van der Waals surface area contributed by atoms with Gasteiger partial charge in [0, 0.05) is 13.2 Å². The summed E-state index contributed by atoms with van der Waals surface area (Å²) in [5.41, 5.74) is 2.01. The molecule has 0 saturated heterocycles. The van der Waals surface area contributed by atoms with E-state index in [9.17, 15) is 4.79 Å². The van der Waals surface area contributed by atoms with Gasteiger partial charge in [-0.05, 0) is 17.5 Å². The van der Waals surface area contributed by atoms with Crippen LogP contribution < -0.4 is 0 Å². The van der Waals surface area contributed by atoms with Crippen molar-refractivity contribution in [1.29, 1.82) is 0 Å². The molecule has 1 heterocycles. The van der Waals surface area contributed by atoms with Crippen molar-refractivity contribution in [3.05, 3.63) is 29.6 Å². The van der Waals surface area contributed by atoms with Crippen molar-refractivity contribution in [2.75, 3.05) is 13.7 Å². The van der Waals surface area contributed by atoms with Crippen LogP contribution in [0.2, 0.25) is 0 Å². The first-order valence-electron chi connectivity index (χ1n) is 5.34. The van der Waals surface area contributed by atoms with E-state index >= 15 is 0 Å². The van der Waals surface area contributed by atoms with E-state index < -0.39 is 6.61 Å². The summed E-state index contributed by atoms with van der Waals surface area (Å²) in [6.45, 7) is 4.19. The molecule has 1 aromatic rings. The molecule has 0 aliphatic heterocycles. The van der Waals surface area contributed by atoms with E-state index in [0.29, 0.717) is 12.5 Å². The lowest BCUT2D eigenvalue weighted by Gasteiger charge is -2.15. The molecule has 1 N–H and O–H groups in total. The number of likely N-dealkylation sites (N-methyl/N-ethyl adjacent to an activating group) is 1. The average molecular weight is 222 g/mol. The first kappa shape index (κ1) is 12.6. The van der Waals surface area contributed by atoms with Gasteiger partial charge in [0.2, 0.25) is 5.91 Å². The molecule has 0 aromatic carbocycles. The third-order valence-electron chi connectivity index (χ3n) is 2.47. The van der Waals surface area contributed by atoms with Crippen LogP contribution in [-0.2, 0) is 11.3 Å². The standard InChI is InChI=1S/C12H18N2O2/c1-9(2)10-4-5-11(13-6-10)7-14(3)12(16)8-15/h4-6,9,15H,7-8H2,1-3H3. The summed E-state index contributed by atoms with van der Waals surface area (Å²) in [6, 6.07) is 3.93. The zero-order valence-electron chi connectivity index (χ0n) is 9.97. The maximum absolute atomic E-state index is 11.1. The van der Waals surface area contributed by atoms with Gasteiger partial charge in [-0.15, -0.1) is 0 Å². The number of hydrogen-bond acceptors (Lipinski definition) is 3. The van der Waals surface area contributed by atoms with E-state index in [0.717, 1.165) is 5.69 Å². The highest BCUT2D eigenvalue weighted by atomic mass is 16.3. The summed E-state index contributed by atoms with van der Waals surface area (Å²) in [6.07, 6.45) is 1.83. The molecular formula is C12H18N2O2. The van der Waals surface area contributed by atoms with Crippen LogP contribution in [0.25, 0.3) is 0 Å². The quantitative estimate of drug-likeness (QED) is 0.831. The van der Waals surface area contributed by atoms with E-state index in [2.05, 4.69) is 18.8 Å². The Morgan fingerprint density at radius 3 is 2.62 bits per heavy atom. The molecule has 88 valence electrons. The molecule has 0 spiro atoms. The average Bonchev–Trinajstić information content (AvgIpc) is 2.28. The SMILES string of the molecule is CC(C)c1ccc(CN(C)C(=O)CO)nc1. The predicted molar refractivity (Wildman–Crippen MR) is 61.9 cm³/mol. The molecule has 16 heavy (non-hydrogen) atoms. The van der Waals surface area contributed by atoms with Gasteiger partial charge in [0.1, 0.15) is 6.61 Å². The van der Waals surface area contributed by atoms with Gasteiger partial charge < -0.3 is 10.0 Å². The van der Waals surface area contributed by atoms with Crippen LogP contribution >= 0.6 is 0 Å². The van der Waals surface area contributed by atoms with E-state index in [4.69, 9.17) is 5.11 Å². The molecule has 1 rings (SSSR count). The van der Waals surface area contributed by atoms with E-state index in [-0.39, 0.29) is 5.91 Å². The monoisotopic (exact) mass is 222 g/mol. The highest BCUT2D eigenvalue weighted by Gasteiger charge is 2.08. The molecule has 0 aliphatic rings. The van der Waals surface area contributed by atoms with Gasteiger partial charge in [-0.3, -0.25) is 9.78 Å². The Labute approximate surface area is 95.9 Å². The number of rotatable bonds is 4. The van der Waals surface area contributed by atoms with Crippen molar-refractivity contribution < 1.29 is 9.90 Å². The predicted octanol–water partition coefficient (Wildman–Crippen LogP) is 1.16. The van der Waals surface area contributed by atoms with Gasteiger partial charge >= 0.3 is 0 Å². The molecule has 4 nitrogen and oxygen atoms in total. The minimum absolute atomic E-state index is 0.297. The molecule has 0 saturated carbocycles. The van der Waals surface area contributed by atoms with Gasteiger partial charge in [-0.2, -0.15) is 0 Å². The Morgan fingerprint density at radius 2 is 2.19 bits per heavy atom. The number of pyridine rings is 1. The van der Waals surface area contributed by atoms with Crippen molar-refractivity contribution in [3.8, 4) is 0 Å². The smallest absolute Gasteiger partial charge is 0.248 e. The third-order valence-corrected chi connectivity index (χ3v) is 2.47. The van der Waals surface area contributed by atoms with Crippen LogP contribution in [0.1, 0.15) is 31.0 Å². The fraction of sp³-hybridized carbons (Fsp3) is 0.500. The van der Waals surface area contributed by atoms with Crippen molar-refractivity contribution in [3.63, 3.8) is 0 Å². The summed E-state index contributed by atoms with van der Waals surface area (Å²) in [5, 5.41) is 8.69. The molecule has 0 radical (unpaired) electrons. The van der Waals surface area contributed by atoms with Crippen molar-refractivity contribution in [2.45, 2.75) is 26.3 Å². The maximum Gasteiger partial charge on any atom is 0.248 e. The molecule has 0 atom stereocenters. The molecule has 0 aliphatic carbocycles. The number of hydrogen-bond donors (Lipinski definition) is 1. The fourth-order valence-electron chi connectivity index (χ4n) is 1.32. The molecule has 0 fully saturated rings. The summed E-state index contributed by atoms with van der Waals surface area (Å²) >= 11 is 0. The van der Waals surface area contributed by atoms with E-state index in [1.54, 1.807) is 7.05 Å². The molecule has 1 aromatic heterocycles. The first-order valence-corrected chi connectivity index (χ1v) is 5.34. The van der Waals surface area contributed by atoms with Crippen LogP contribution in [0.5, 0.6) is 0 Å². The lowest BCUT2D eigenvalue weighted by molar-refractivity contribution is -0.133. The maximum atomic E-state index is 11.1. The minimum atomic E-state index is -0.458. The van der Waals surface area contributed by atoms with Crippen LogP contribution in [0.4, 0.5) is 0 Å². The third kappa shape index (κ3) is 3.31. The lowest BCUT2D eigenvalue weighted by atomic mass is 10.1. The Kier molecular flexibility index (Phi) is 4.43. The van der Waals surface area contributed by atoms with Gasteiger partial charge in [0.05, 0.1) is 12.2 Å². The molecule has 1 amide bonds. The second kappa shape index (κ2) is 5.61. The number of nitrogens with zero attached hydrogens (tertiary/aromatic N) is 2. The van der Waals surface area contributed by atoms with Gasteiger partial charge in [-0.1, -0.05) is 19.9 Å². The highest BCUT2D eigenvalue weighted by Crippen LogP contribution is 2.13. The molecule has 4 heteroatoms. The molecular weight excluding hydrogens is 204 g/mol. The highest BCUT2D eigenvalue weighted by molar-refractivity contribution is 5.76. The van der Waals surface area contributed by atoms with Crippen molar-refractivity contribution >= 4 is 5.91 Å². The second-order valence-corrected chi connectivity index (χ2v) is 4.15. The normalized spacial score (nSPS) is 10.6. The fourth-order valence-corrected chi connectivity index (χ4v) is 1.32. The number of amides is 1.